The van der Waals surface area contributed by atoms with Gasteiger partial charge in [-0.2, -0.15) is 0 Å². The molecule has 5 nitrogen and oxygen atoms in total. The van der Waals surface area contributed by atoms with Crippen LogP contribution in [0.5, 0.6) is 0 Å². The first kappa shape index (κ1) is 18.1. The zero-order valence-corrected chi connectivity index (χ0v) is 15.3. The fourth-order valence-corrected chi connectivity index (χ4v) is 3.82. The lowest BCUT2D eigenvalue weighted by Crippen LogP contribution is -2.36. The van der Waals surface area contributed by atoms with Crippen LogP contribution in [0.2, 0.25) is 0 Å². The van der Waals surface area contributed by atoms with Crippen LogP contribution >= 0.6 is 0 Å². The van der Waals surface area contributed by atoms with E-state index < -0.39 is 0 Å². The molecule has 1 aliphatic rings. The standard InChI is InChI=1S/C21H24N2O3/c1-3-16-8-7-13-22(14-16)20-15(2)18(11-12-19(20)23(25)26)21(24)17-9-5-4-6-10-17/h4-6,9-12,16H,3,7-8,13-14H2,1-2H3/t16-/m1/s1. The lowest BCUT2D eigenvalue weighted by molar-refractivity contribution is -0.384. The molecule has 0 N–H and O–H groups in total. The highest BCUT2D eigenvalue weighted by atomic mass is 16.6. The molecule has 2 aromatic carbocycles. The fourth-order valence-electron chi connectivity index (χ4n) is 3.82. The monoisotopic (exact) mass is 352 g/mol. The highest BCUT2D eigenvalue weighted by Crippen LogP contribution is 2.37. The summed E-state index contributed by atoms with van der Waals surface area (Å²) in [5.74, 6) is 0.444. The number of benzene rings is 2. The summed E-state index contributed by atoms with van der Waals surface area (Å²) in [4.78, 5) is 26.3. The average Bonchev–Trinajstić information content (AvgIpc) is 2.67. The van der Waals surface area contributed by atoms with E-state index >= 15 is 0 Å². The van der Waals surface area contributed by atoms with Gasteiger partial charge in [-0.05, 0) is 37.3 Å². The minimum absolute atomic E-state index is 0.0869. The second kappa shape index (κ2) is 7.68. The maximum atomic E-state index is 12.9. The minimum atomic E-state index is -0.339. The molecule has 1 aliphatic heterocycles. The molecule has 0 spiro atoms. The average molecular weight is 352 g/mol. The Labute approximate surface area is 153 Å². The number of ketones is 1. The van der Waals surface area contributed by atoms with Crippen molar-refractivity contribution in [3.63, 3.8) is 0 Å². The first-order valence-corrected chi connectivity index (χ1v) is 9.15. The Morgan fingerprint density at radius 3 is 2.62 bits per heavy atom. The van der Waals surface area contributed by atoms with E-state index in [2.05, 4.69) is 11.8 Å². The second-order valence-electron chi connectivity index (χ2n) is 6.92. The Hall–Kier alpha value is -2.69. The van der Waals surface area contributed by atoms with E-state index in [0.717, 1.165) is 32.4 Å². The van der Waals surface area contributed by atoms with Crippen LogP contribution in [0.4, 0.5) is 11.4 Å². The maximum Gasteiger partial charge on any atom is 0.292 e. The number of nitrogens with zero attached hydrogens (tertiary/aromatic N) is 2. The van der Waals surface area contributed by atoms with Gasteiger partial charge in [0.25, 0.3) is 5.69 Å². The smallest absolute Gasteiger partial charge is 0.292 e. The van der Waals surface area contributed by atoms with Gasteiger partial charge in [0.05, 0.1) is 4.92 Å². The van der Waals surface area contributed by atoms with E-state index in [0.29, 0.717) is 28.3 Å². The maximum absolute atomic E-state index is 12.9. The Balaban J connectivity index is 2.07. The molecule has 1 fully saturated rings. The number of rotatable bonds is 5. The first-order valence-electron chi connectivity index (χ1n) is 9.15. The van der Waals surface area contributed by atoms with Crippen molar-refractivity contribution in [2.75, 3.05) is 18.0 Å². The van der Waals surface area contributed by atoms with Crippen molar-refractivity contribution < 1.29 is 9.72 Å². The lowest BCUT2D eigenvalue weighted by Gasteiger charge is -2.34. The normalized spacial score (nSPS) is 17.2. The van der Waals surface area contributed by atoms with E-state index in [1.165, 1.54) is 6.07 Å². The van der Waals surface area contributed by atoms with Crippen LogP contribution in [0, 0.1) is 23.0 Å². The summed E-state index contributed by atoms with van der Waals surface area (Å²) in [5, 5.41) is 11.6. The molecule has 1 atom stereocenters. The molecule has 0 aliphatic carbocycles. The molecular formula is C21H24N2O3. The van der Waals surface area contributed by atoms with E-state index in [-0.39, 0.29) is 16.4 Å². The van der Waals surface area contributed by atoms with Crippen molar-refractivity contribution in [3.05, 3.63) is 69.3 Å². The van der Waals surface area contributed by atoms with E-state index in [4.69, 9.17) is 0 Å². The van der Waals surface area contributed by atoms with Crippen molar-refractivity contribution in [2.24, 2.45) is 5.92 Å². The van der Waals surface area contributed by atoms with Gasteiger partial charge in [-0.3, -0.25) is 14.9 Å². The lowest BCUT2D eigenvalue weighted by atomic mass is 9.92. The number of anilines is 1. The summed E-state index contributed by atoms with van der Waals surface area (Å²) in [6.45, 7) is 5.58. The number of nitro groups is 1. The summed E-state index contributed by atoms with van der Waals surface area (Å²) in [5.41, 5.74) is 2.53. The van der Waals surface area contributed by atoms with E-state index in [1.807, 2.05) is 25.1 Å². The number of hydrogen-bond donors (Lipinski definition) is 0. The predicted octanol–water partition coefficient (Wildman–Crippen LogP) is 4.76. The van der Waals surface area contributed by atoms with Crippen molar-refractivity contribution in [1.82, 2.24) is 0 Å². The first-order chi connectivity index (χ1) is 12.5. The van der Waals surface area contributed by atoms with Crippen molar-refractivity contribution >= 4 is 17.2 Å². The van der Waals surface area contributed by atoms with Crippen LogP contribution < -0.4 is 4.90 Å². The Morgan fingerprint density at radius 2 is 1.96 bits per heavy atom. The molecule has 0 radical (unpaired) electrons. The topological polar surface area (TPSA) is 63.4 Å². The van der Waals surface area contributed by atoms with Gasteiger partial charge >= 0.3 is 0 Å². The number of nitro benzene ring substituents is 1. The molecule has 0 bridgehead atoms. The fraction of sp³-hybridized carbons (Fsp3) is 0.381. The van der Waals surface area contributed by atoms with Crippen LogP contribution in [0.3, 0.4) is 0 Å². The van der Waals surface area contributed by atoms with Crippen LogP contribution in [-0.4, -0.2) is 23.8 Å². The Kier molecular flexibility index (Phi) is 5.35. The van der Waals surface area contributed by atoms with Gasteiger partial charge in [0.2, 0.25) is 0 Å². The van der Waals surface area contributed by atoms with Gasteiger partial charge in [-0.25, -0.2) is 0 Å². The zero-order valence-electron chi connectivity index (χ0n) is 15.3. The zero-order chi connectivity index (χ0) is 18.7. The number of carbonyl (C=O) groups excluding carboxylic acids is 1. The molecule has 0 amide bonds. The third kappa shape index (κ3) is 3.47. The largest absolute Gasteiger partial charge is 0.365 e. The summed E-state index contributed by atoms with van der Waals surface area (Å²) < 4.78 is 0. The van der Waals surface area contributed by atoms with Gasteiger partial charge in [0.15, 0.2) is 5.78 Å². The quantitative estimate of drug-likeness (QED) is 0.442. The summed E-state index contributed by atoms with van der Waals surface area (Å²) >= 11 is 0. The number of hydrogen-bond acceptors (Lipinski definition) is 4. The van der Waals surface area contributed by atoms with Gasteiger partial charge < -0.3 is 4.90 Å². The molecule has 136 valence electrons. The van der Waals surface area contributed by atoms with E-state index in [9.17, 15) is 14.9 Å². The minimum Gasteiger partial charge on any atom is -0.365 e. The van der Waals surface area contributed by atoms with Crippen molar-refractivity contribution in [1.29, 1.82) is 0 Å². The molecule has 3 rings (SSSR count). The summed E-state index contributed by atoms with van der Waals surface area (Å²) in [6, 6.07) is 12.1. The predicted molar refractivity (Wildman–Crippen MR) is 103 cm³/mol. The molecule has 0 unspecified atom stereocenters. The van der Waals surface area contributed by atoms with Crippen LogP contribution in [0.1, 0.15) is 47.7 Å². The van der Waals surface area contributed by atoms with Crippen LogP contribution in [-0.2, 0) is 0 Å². The van der Waals surface area contributed by atoms with Gasteiger partial charge in [-0.15, -0.1) is 0 Å². The molecule has 5 heteroatoms. The molecule has 0 aromatic heterocycles. The molecular weight excluding hydrogens is 328 g/mol. The van der Waals surface area contributed by atoms with Gasteiger partial charge in [-0.1, -0.05) is 43.7 Å². The van der Waals surface area contributed by atoms with E-state index in [1.54, 1.807) is 18.2 Å². The third-order valence-corrected chi connectivity index (χ3v) is 5.30. The Bertz CT molecular complexity index is 818. The number of carbonyl (C=O) groups is 1. The molecule has 0 saturated carbocycles. The van der Waals surface area contributed by atoms with Gasteiger partial charge in [0.1, 0.15) is 5.69 Å². The van der Waals surface area contributed by atoms with Crippen molar-refractivity contribution in [2.45, 2.75) is 33.1 Å². The van der Waals surface area contributed by atoms with Crippen LogP contribution in [0.15, 0.2) is 42.5 Å². The van der Waals surface area contributed by atoms with Crippen LogP contribution in [0.25, 0.3) is 0 Å². The van der Waals surface area contributed by atoms with Crippen molar-refractivity contribution in [3.8, 4) is 0 Å². The highest BCUT2D eigenvalue weighted by molar-refractivity contribution is 6.11. The molecule has 2 aromatic rings. The summed E-state index contributed by atoms with van der Waals surface area (Å²) in [7, 11) is 0. The highest BCUT2D eigenvalue weighted by Gasteiger charge is 2.29. The van der Waals surface area contributed by atoms with Gasteiger partial charge in [0, 0.05) is 30.3 Å². The Morgan fingerprint density at radius 1 is 1.23 bits per heavy atom. The molecule has 1 saturated heterocycles. The molecule has 1 heterocycles. The third-order valence-electron chi connectivity index (χ3n) is 5.30. The number of piperidine rings is 1. The molecule has 26 heavy (non-hydrogen) atoms. The SMILES string of the molecule is CC[C@@H]1CCCN(c2c([N+](=O)[O-])ccc(C(=O)c3ccccc3)c2C)C1. The summed E-state index contributed by atoms with van der Waals surface area (Å²) in [6.07, 6.45) is 3.24. The second-order valence-corrected chi connectivity index (χ2v) is 6.92.